The lowest BCUT2D eigenvalue weighted by molar-refractivity contribution is -0.130. The number of benzene rings is 1. The van der Waals surface area contributed by atoms with E-state index in [9.17, 15) is 4.79 Å². The molecule has 1 aliphatic rings. The van der Waals surface area contributed by atoms with Crippen LogP contribution in [0.1, 0.15) is 26.8 Å². The maximum atomic E-state index is 12.9. The first kappa shape index (κ1) is 17.4. The van der Waals surface area contributed by atoms with E-state index >= 15 is 0 Å². The molecule has 2 aromatic heterocycles. The standard InChI is InChI=1S/C20H21N3OS2/c1-22(20(24)19-17-6-10-25-18(17)7-11-26-19)12-15-2-4-16(5-3-15)13-23-9-8-21-14-23/h2-6,8-10,14,19H,7,11-13H2,1H3. The summed E-state index contributed by atoms with van der Waals surface area (Å²) in [5.41, 5.74) is 3.60. The van der Waals surface area contributed by atoms with E-state index in [1.54, 1.807) is 29.3 Å². The number of likely N-dealkylation sites (N-methyl/N-ethyl adjacent to an activating group) is 1. The topological polar surface area (TPSA) is 38.1 Å². The Morgan fingerprint density at radius 2 is 2.08 bits per heavy atom. The van der Waals surface area contributed by atoms with Crippen molar-refractivity contribution in [2.45, 2.75) is 24.8 Å². The third-order valence-electron chi connectivity index (χ3n) is 4.64. The molecule has 0 saturated heterocycles. The van der Waals surface area contributed by atoms with Gasteiger partial charge in [0.15, 0.2) is 0 Å². The van der Waals surface area contributed by atoms with Gasteiger partial charge in [-0.25, -0.2) is 4.98 Å². The molecule has 1 atom stereocenters. The zero-order valence-corrected chi connectivity index (χ0v) is 16.3. The van der Waals surface area contributed by atoms with Crippen molar-refractivity contribution in [3.05, 3.63) is 76.0 Å². The van der Waals surface area contributed by atoms with E-state index < -0.39 is 0 Å². The van der Waals surface area contributed by atoms with Gasteiger partial charge in [-0.15, -0.1) is 23.1 Å². The minimum Gasteiger partial charge on any atom is -0.340 e. The number of aryl methyl sites for hydroxylation is 1. The van der Waals surface area contributed by atoms with Crippen molar-refractivity contribution in [3.8, 4) is 0 Å². The van der Waals surface area contributed by atoms with Crippen LogP contribution in [0.15, 0.2) is 54.4 Å². The number of thioether (sulfide) groups is 1. The van der Waals surface area contributed by atoms with Crippen molar-refractivity contribution >= 4 is 29.0 Å². The molecule has 4 nitrogen and oxygen atoms in total. The molecule has 0 radical (unpaired) electrons. The van der Waals surface area contributed by atoms with Crippen LogP contribution in [0, 0.1) is 0 Å². The van der Waals surface area contributed by atoms with Crippen molar-refractivity contribution < 1.29 is 4.79 Å². The van der Waals surface area contributed by atoms with Gasteiger partial charge in [0.1, 0.15) is 5.25 Å². The molecule has 3 aromatic rings. The number of carbonyl (C=O) groups excluding carboxylic acids is 1. The summed E-state index contributed by atoms with van der Waals surface area (Å²) in [5, 5.41) is 2.06. The number of carbonyl (C=O) groups is 1. The van der Waals surface area contributed by atoms with Gasteiger partial charge >= 0.3 is 0 Å². The molecule has 1 amide bonds. The fourth-order valence-electron chi connectivity index (χ4n) is 3.24. The molecule has 1 aromatic carbocycles. The van der Waals surface area contributed by atoms with Crippen molar-refractivity contribution in [2.24, 2.45) is 0 Å². The Morgan fingerprint density at radius 3 is 2.85 bits per heavy atom. The second kappa shape index (κ2) is 7.68. The minimum atomic E-state index is -0.0458. The molecule has 1 aliphatic heterocycles. The van der Waals surface area contributed by atoms with Crippen molar-refractivity contribution in [2.75, 3.05) is 12.8 Å². The first-order valence-corrected chi connectivity index (χ1v) is 10.6. The second-order valence-corrected chi connectivity index (χ2v) is 8.76. The van der Waals surface area contributed by atoms with E-state index in [4.69, 9.17) is 0 Å². The molecule has 0 spiro atoms. The van der Waals surface area contributed by atoms with Crippen LogP contribution in [0.4, 0.5) is 0 Å². The number of amides is 1. The SMILES string of the molecule is CN(Cc1ccc(Cn2ccnc2)cc1)C(=O)C1SCCc2sccc21. The number of nitrogens with zero attached hydrogens (tertiary/aromatic N) is 3. The molecule has 4 rings (SSSR count). The lowest BCUT2D eigenvalue weighted by Gasteiger charge is -2.26. The monoisotopic (exact) mass is 383 g/mol. The van der Waals surface area contributed by atoms with Crippen LogP contribution in [0.2, 0.25) is 0 Å². The van der Waals surface area contributed by atoms with Gasteiger partial charge in [0.2, 0.25) is 5.91 Å². The summed E-state index contributed by atoms with van der Waals surface area (Å²) < 4.78 is 2.05. The van der Waals surface area contributed by atoms with Crippen LogP contribution in [-0.2, 0) is 24.3 Å². The molecule has 0 saturated carbocycles. The van der Waals surface area contributed by atoms with Crippen LogP contribution >= 0.6 is 23.1 Å². The summed E-state index contributed by atoms with van der Waals surface area (Å²) >= 11 is 3.54. The number of fused-ring (bicyclic) bond motifs is 1. The number of hydrogen-bond donors (Lipinski definition) is 0. The van der Waals surface area contributed by atoms with E-state index in [0.29, 0.717) is 6.54 Å². The van der Waals surface area contributed by atoms with Crippen LogP contribution in [-0.4, -0.2) is 33.2 Å². The normalized spacial score (nSPS) is 16.3. The molecular formula is C20H21N3OS2. The smallest absolute Gasteiger partial charge is 0.240 e. The molecule has 0 aliphatic carbocycles. The highest BCUT2D eigenvalue weighted by Gasteiger charge is 2.30. The summed E-state index contributed by atoms with van der Waals surface area (Å²) in [4.78, 5) is 20.2. The summed E-state index contributed by atoms with van der Waals surface area (Å²) in [5.74, 6) is 1.23. The number of aromatic nitrogens is 2. The summed E-state index contributed by atoms with van der Waals surface area (Å²) in [6.45, 7) is 1.45. The Morgan fingerprint density at radius 1 is 1.27 bits per heavy atom. The highest BCUT2D eigenvalue weighted by Crippen LogP contribution is 2.40. The van der Waals surface area contributed by atoms with Gasteiger partial charge < -0.3 is 9.47 Å². The van der Waals surface area contributed by atoms with Crippen LogP contribution < -0.4 is 0 Å². The number of rotatable bonds is 5. The number of imidazole rings is 1. The summed E-state index contributed by atoms with van der Waals surface area (Å²) in [6.07, 6.45) is 6.66. The van der Waals surface area contributed by atoms with Crippen molar-refractivity contribution in [3.63, 3.8) is 0 Å². The Kier molecular flexibility index (Phi) is 5.13. The van der Waals surface area contributed by atoms with Gasteiger partial charge in [-0.3, -0.25) is 4.79 Å². The molecule has 1 unspecified atom stereocenters. The zero-order valence-electron chi connectivity index (χ0n) is 14.7. The molecule has 26 heavy (non-hydrogen) atoms. The van der Waals surface area contributed by atoms with E-state index in [2.05, 4.69) is 40.7 Å². The van der Waals surface area contributed by atoms with Crippen LogP contribution in [0.3, 0.4) is 0 Å². The molecule has 3 heterocycles. The fraction of sp³-hybridized carbons (Fsp3) is 0.300. The molecule has 0 fully saturated rings. The number of hydrogen-bond acceptors (Lipinski definition) is 4. The Labute approximate surface area is 161 Å². The van der Waals surface area contributed by atoms with Gasteiger partial charge in [0.05, 0.1) is 6.33 Å². The molecule has 0 bridgehead atoms. The Balaban J connectivity index is 1.40. The lowest BCUT2D eigenvalue weighted by Crippen LogP contribution is -2.31. The second-order valence-electron chi connectivity index (χ2n) is 6.55. The van der Waals surface area contributed by atoms with Gasteiger partial charge in [-0.05, 0) is 40.3 Å². The number of thiophene rings is 1. The van der Waals surface area contributed by atoms with Gasteiger partial charge in [0, 0.05) is 37.4 Å². The van der Waals surface area contributed by atoms with Gasteiger partial charge in [0.25, 0.3) is 0 Å². The fourth-order valence-corrected chi connectivity index (χ4v) is 5.65. The van der Waals surface area contributed by atoms with Crippen molar-refractivity contribution in [1.82, 2.24) is 14.5 Å². The summed E-state index contributed by atoms with van der Waals surface area (Å²) in [7, 11) is 1.91. The third kappa shape index (κ3) is 3.71. The highest BCUT2D eigenvalue weighted by molar-refractivity contribution is 8.00. The van der Waals surface area contributed by atoms with E-state index in [-0.39, 0.29) is 11.2 Å². The van der Waals surface area contributed by atoms with Gasteiger partial charge in [-0.1, -0.05) is 24.3 Å². The maximum absolute atomic E-state index is 12.9. The Bertz CT molecular complexity index is 871. The van der Waals surface area contributed by atoms with Crippen LogP contribution in [0.5, 0.6) is 0 Å². The molecule has 134 valence electrons. The van der Waals surface area contributed by atoms with E-state index in [0.717, 1.165) is 24.3 Å². The van der Waals surface area contributed by atoms with Crippen LogP contribution in [0.25, 0.3) is 0 Å². The summed E-state index contributed by atoms with van der Waals surface area (Å²) in [6, 6.07) is 10.6. The van der Waals surface area contributed by atoms with E-state index in [1.807, 2.05) is 29.0 Å². The van der Waals surface area contributed by atoms with E-state index in [1.165, 1.54) is 16.0 Å². The Hall–Kier alpha value is -2.05. The maximum Gasteiger partial charge on any atom is 0.240 e. The average Bonchev–Trinajstić information content (AvgIpc) is 3.34. The molecular weight excluding hydrogens is 362 g/mol. The predicted molar refractivity (Wildman–Crippen MR) is 107 cm³/mol. The first-order chi connectivity index (χ1) is 12.7. The van der Waals surface area contributed by atoms with Crippen molar-refractivity contribution in [1.29, 1.82) is 0 Å². The zero-order chi connectivity index (χ0) is 17.9. The quantitative estimate of drug-likeness (QED) is 0.669. The molecule has 0 N–H and O–H groups in total. The predicted octanol–water partition coefficient (Wildman–Crippen LogP) is 3.98. The molecule has 6 heteroatoms. The first-order valence-electron chi connectivity index (χ1n) is 8.67. The largest absolute Gasteiger partial charge is 0.340 e. The lowest BCUT2D eigenvalue weighted by atomic mass is 10.1. The average molecular weight is 384 g/mol. The van der Waals surface area contributed by atoms with Gasteiger partial charge in [-0.2, -0.15) is 0 Å². The minimum absolute atomic E-state index is 0.0458. The third-order valence-corrected chi connectivity index (χ3v) is 6.87. The highest BCUT2D eigenvalue weighted by atomic mass is 32.2.